The number of hydrogen-bond acceptors (Lipinski definition) is 4. The Labute approximate surface area is 101 Å². The van der Waals surface area contributed by atoms with Crippen molar-refractivity contribution >= 4 is 5.97 Å². The predicted molar refractivity (Wildman–Crippen MR) is 63.6 cm³/mol. The minimum Gasteiger partial charge on any atom is -0.494 e. The first-order valence-corrected chi connectivity index (χ1v) is 5.63. The molecule has 93 valence electrons. The fraction of sp³-hybridized carbons (Fsp3) is 0.385. The van der Waals surface area contributed by atoms with Gasteiger partial charge in [-0.2, -0.15) is 4.89 Å². The van der Waals surface area contributed by atoms with Crippen LogP contribution in [0.2, 0.25) is 0 Å². The molecule has 4 heteroatoms. The van der Waals surface area contributed by atoms with Gasteiger partial charge in [-0.3, -0.25) is 4.89 Å². The van der Waals surface area contributed by atoms with Crippen LogP contribution in [-0.4, -0.2) is 19.2 Å². The normalized spacial score (nSPS) is 10.0. The van der Waals surface area contributed by atoms with Crippen molar-refractivity contribution in [2.75, 3.05) is 13.2 Å². The van der Waals surface area contributed by atoms with E-state index in [2.05, 4.69) is 11.8 Å². The highest BCUT2D eigenvalue weighted by atomic mass is 17.2. The van der Waals surface area contributed by atoms with Crippen LogP contribution in [0.25, 0.3) is 0 Å². The Morgan fingerprint density at radius 1 is 1.41 bits per heavy atom. The molecule has 0 aliphatic rings. The van der Waals surface area contributed by atoms with Gasteiger partial charge >= 0.3 is 5.97 Å². The van der Waals surface area contributed by atoms with Crippen molar-refractivity contribution in [3.8, 4) is 5.75 Å². The average Bonchev–Trinajstić information content (AvgIpc) is 2.35. The lowest BCUT2D eigenvalue weighted by Crippen LogP contribution is -2.07. The monoisotopic (exact) mass is 237 g/mol. The van der Waals surface area contributed by atoms with Gasteiger partial charge in [-0.25, -0.2) is 4.79 Å². The van der Waals surface area contributed by atoms with Gasteiger partial charge in [-0.1, -0.05) is 19.4 Å². The minimum atomic E-state index is -0.518. The van der Waals surface area contributed by atoms with E-state index in [0.717, 1.165) is 12.8 Å². The van der Waals surface area contributed by atoms with E-state index in [1.54, 1.807) is 24.3 Å². The van der Waals surface area contributed by atoms with Crippen molar-refractivity contribution < 1.29 is 19.3 Å². The molecule has 1 aromatic carbocycles. The lowest BCUT2D eigenvalue weighted by molar-refractivity contribution is -0.241. The van der Waals surface area contributed by atoms with Crippen LogP contribution in [0.3, 0.4) is 0 Å². The highest BCUT2D eigenvalue weighted by Gasteiger charge is 2.09. The summed E-state index contributed by atoms with van der Waals surface area (Å²) in [5, 5.41) is 0. The second-order valence-corrected chi connectivity index (χ2v) is 3.36. The highest BCUT2D eigenvalue weighted by molar-refractivity contribution is 5.89. The summed E-state index contributed by atoms with van der Waals surface area (Å²) in [5.41, 5.74) is 0.408. The quantitative estimate of drug-likeness (QED) is 0.415. The van der Waals surface area contributed by atoms with E-state index >= 15 is 0 Å². The molecule has 0 saturated carbocycles. The molecule has 17 heavy (non-hydrogen) atoms. The summed E-state index contributed by atoms with van der Waals surface area (Å²) in [7, 11) is 0. The SMILES string of the molecule is [CH2]CCCOOC(=O)c1cccc(OCC)c1. The van der Waals surface area contributed by atoms with Gasteiger partial charge < -0.3 is 4.74 Å². The van der Waals surface area contributed by atoms with Crippen molar-refractivity contribution in [1.29, 1.82) is 0 Å². The number of carbonyl (C=O) groups is 1. The second kappa shape index (κ2) is 7.68. The summed E-state index contributed by atoms with van der Waals surface area (Å²) in [6.45, 7) is 6.45. The van der Waals surface area contributed by atoms with E-state index < -0.39 is 5.97 Å². The summed E-state index contributed by atoms with van der Waals surface area (Å²) in [6.07, 6.45) is 1.50. The Kier molecular flexibility index (Phi) is 6.10. The van der Waals surface area contributed by atoms with Gasteiger partial charge in [0, 0.05) is 0 Å². The van der Waals surface area contributed by atoms with Gasteiger partial charge in [0.05, 0.1) is 18.8 Å². The third-order valence-corrected chi connectivity index (χ3v) is 1.99. The summed E-state index contributed by atoms with van der Waals surface area (Å²) in [6, 6.07) is 6.79. The number of benzene rings is 1. The zero-order valence-corrected chi connectivity index (χ0v) is 9.98. The zero-order valence-electron chi connectivity index (χ0n) is 9.98. The molecule has 1 rings (SSSR count). The first-order chi connectivity index (χ1) is 8.27. The second-order valence-electron chi connectivity index (χ2n) is 3.36. The smallest absolute Gasteiger partial charge is 0.373 e. The first kappa shape index (κ1) is 13.5. The molecule has 0 atom stereocenters. The van der Waals surface area contributed by atoms with Crippen LogP contribution in [0, 0.1) is 6.92 Å². The van der Waals surface area contributed by atoms with E-state index in [9.17, 15) is 4.79 Å². The summed E-state index contributed by atoms with van der Waals surface area (Å²) >= 11 is 0. The molecule has 0 N–H and O–H groups in total. The first-order valence-electron chi connectivity index (χ1n) is 5.63. The molecule has 0 aliphatic carbocycles. The van der Waals surface area contributed by atoms with Crippen molar-refractivity contribution in [2.45, 2.75) is 19.8 Å². The van der Waals surface area contributed by atoms with Crippen molar-refractivity contribution in [1.82, 2.24) is 0 Å². The number of unbranched alkanes of at least 4 members (excludes halogenated alkanes) is 1. The van der Waals surface area contributed by atoms with Gasteiger partial charge in [0.15, 0.2) is 0 Å². The Morgan fingerprint density at radius 3 is 2.94 bits per heavy atom. The third kappa shape index (κ3) is 4.87. The highest BCUT2D eigenvalue weighted by Crippen LogP contribution is 2.14. The van der Waals surface area contributed by atoms with Crippen molar-refractivity contribution in [3.63, 3.8) is 0 Å². The van der Waals surface area contributed by atoms with Crippen LogP contribution in [-0.2, 0) is 9.78 Å². The lowest BCUT2D eigenvalue weighted by atomic mass is 10.2. The van der Waals surface area contributed by atoms with Crippen LogP contribution in [0.1, 0.15) is 30.1 Å². The van der Waals surface area contributed by atoms with E-state index in [-0.39, 0.29) is 0 Å². The largest absolute Gasteiger partial charge is 0.494 e. The van der Waals surface area contributed by atoms with Gasteiger partial charge in [0.2, 0.25) is 0 Å². The maximum absolute atomic E-state index is 11.5. The standard InChI is InChI=1S/C13H17O4/c1-3-5-9-16-17-13(14)11-7-6-8-12(10-11)15-4-2/h6-8,10H,1,3-5,9H2,2H3. The van der Waals surface area contributed by atoms with E-state index in [4.69, 9.17) is 9.62 Å². The number of ether oxygens (including phenoxy) is 1. The maximum atomic E-state index is 11.5. The fourth-order valence-corrected chi connectivity index (χ4v) is 1.18. The van der Waals surface area contributed by atoms with Crippen LogP contribution < -0.4 is 4.74 Å². The summed E-state index contributed by atoms with van der Waals surface area (Å²) < 4.78 is 5.28. The van der Waals surface area contributed by atoms with Crippen LogP contribution in [0.4, 0.5) is 0 Å². The molecule has 0 fully saturated rings. The summed E-state index contributed by atoms with van der Waals surface area (Å²) in [4.78, 5) is 20.9. The van der Waals surface area contributed by atoms with Gasteiger partial charge in [-0.05, 0) is 31.5 Å². The van der Waals surface area contributed by atoms with Crippen LogP contribution >= 0.6 is 0 Å². The predicted octanol–water partition coefficient (Wildman–Crippen LogP) is 2.79. The lowest BCUT2D eigenvalue weighted by Gasteiger charge is -2.05. The summed E-state index contributed by atoms with van der Waals surface area (Å²) in [5.74, 6) is 0.121. The molecular weight excluding hydrogens is 220 g/mol. The molecule has 0 bridgehead atoms. The number of hydrogen-bond donors (Lipinski definition) is 0. The molecule has 0 amide bonds. The molecule has 0 saturated heterocycles. The van der Waals surface area contributed by atoms with Gasteiger partial charge in [0.1, 0.15) is 5.75 Å². The van der Waals surface area contributed by atoms with E-state index in [1.165, 1.54) is 0 Å². The zero-order chi connectivity index (χ0) is 12.5. The maximum Gasteiger partial charge on any atom is 0.373 e. The molecule has 1 aromatic rings. The molecule has 0 aliphatic heterocycles. The molecule has 4 nitrogen and oxygen atoms in total. The molecule has 0 aromatic heterocycles. The van der Waals surface area contributed by atoms with E-state index in [1.807, 2.05) is 6.92 Å². The van der Waals surface area contributed by atoms with Crippen molar-refractivity contribution in [3.05, 3.63) is 36.8 Å². The third-order valence-electron chi connectivity index (χ3n) is 1.99. The minimum absolute atomic E-state index is 0.361. The Bertz CT molecular complexity index is 349. The van der Waals surface area contributed by atoms with Gasteiger partial charge in [0.25, 0.3) is 0 Å². The van der Waals surface area contributed by atoms with E-state index in [0.29, 0.717) is 24.5 Å². The Hall–Kier alpha value is -1.55. The topological polar surface area (TPSA) is 44.8 Å². The Balaban J connectivity index is 2.47. The number of carbonyl (C=O) groups excluding carboxylic acids is 1. The molecular formula is C13H17O4. The van der Waals surface area contributed by atoms with Gasteiger partial charge in [-0.15, -0.1) is 0 Å². The molecule has 0 unspecified atom stereocenters. The average molecular weight is 237 g/mol. The number of rotatable bonds is 7. The van der Waals surface area contributed by atoms with Crippen LogP contribution in [0.15, 0.2) is 24.3 Å². The molecule has 0 heterocycles. The molecule has 1 radical (unpaired) electrons. The fourth-order valence-electron chi connectivity index (χ4n) is 1.18. The molecule has 0 spiro atoms. The van der Waals surface area contributed by atoms with Crippen molar-refractivity contribution in [2.24, 2.45) is 0 Å². The van der Waals surface area contributed by atoms with Crippen LogP contribution in [0.5, 0.6) is 5.75 Å². The Morgan fingerprint density at radius 2 is 2.24 bits per heavy atom.